The third kappa shape index (κ3) is 4.46. The molecule has 0 saturated heterocycles. The van der Waals surface area contributed by atoms with Crippen LogP contribution >= 0.6 is 0 Å². The van der Waals surface area contributed by atoms with Crippen LogP contribution in [0.1, 0.15) is 0 Å². The first kappa shape index (κ1) is 34.3. The molecule has 0 spiro atoms. The lowest BCUT2D eigenvalue weighted by Gasteiger charge is -2.21. The normalized spacial score (nSPS) is 12.4. The van der Waals surface area contributed by atoms with Crippen LogP contribution in [-0.2, 0) is 0 Å². The maximum Gasteiger partial charge on any atom is -0.000718 e. The van der Waals surface area contributed by atoms with E-state index in [0.29, 0.717) is 0 Å². The number of fused-ring (bicyclic) bond motifs is 11. The van der Waals surface area contributed by atoms with Crippen LogP contribution in [0.3, 0.4) is 0 Å². The van der Waals surface area contributed by atoms with E-state index >= 15 is 0 Å². The fourth-order valence-electron chi connectivity index (χ4n) is 12.1. The molecule has 0 N–H and O–H groups in total. The van der Waals surface area contributed by atoms with Gasteiger partial charge in [0.15, 0.2) is 0 Å². The van der Waals surface area contributed by atoms with E-state index in [0.717, 1.165) is 0 Å². The molecule has 0 nitrogen and oxygen atoms in total. The molecule has 0 saturated carbocycles. The maximum atomic E-state index is 2.56. The summed E-state index contributed by atoms with van der Waals surface area (Å²) in [5.74, 6) is 0. The van der Waals surface area contributed by atoms with Gasteiger partial charge >= 0.3 is 0 Å². The number of rotatable bonds is 4. The van der Waals surface area contributed by atoms with Crippen molar-refractivity contribution in [2.24, 2.45) is 0 Å². The molecule has 0 unspecified atom stereocenters. The summed E-state index contributed by atoms with van der Waals surface area (Å²) in [4.78, 5) is 0. The fraction of sp³-hybridized carbons (Fsp3) is 0. The minimum atomic E-state index is 1.22. The molecule has 0 fully saturated rings. The Morgan fingerprint density at radius 3 is 1.08 bits per heavy atom. The molecule has 0 aliphatic heterocycles. The molecule has 0 heteroatoms. The third-order valence-corrected chi connectivity index (χ3v) is 14.7. The van der Waals surface area contributed by atoms with Crippen molar-refractivity contribution in [1.82, 2.24) is 0 Å². The zero-order valence-corrected chi connectivity index (χ0v) is 34.8. The van der Waals surface area contributed by atoms with Crippen molar-refractivity contribution in [2.45, 2.75) is 0 Å². The second-order valence-electron chi connectivity index (χ2n) is 17.8. The number of benzene rings is 12. The Bertz CT molecular complexity index is 4000. The Hall–Kier alpha value is -8.32. The molecule has 292 valence electrons. The summed E-state index contributed by atoms with van der Waals surface area (Å²) in [5, 5.41) is 21.0. The van der Waals surface area contributed by atoms with Crippen molar-refractivity contribution in [3.63, 3.8) is 0 Å². The quantitative estimate of drug-likeness (QED) is 0.166. The molecular formula is C64H36. The lowest BCUT2D eigenvalue weighted by Crippen LogP contribution is -1.93. The van der Waals surface area contributed by atoms with E-state index in [-0.39, 0.29) is 0 Å². The van der Waals surface area contributed by atoms with Gasteiger partial charge in [-0.3, -0.25) is 0 Å². The van der Waals surface area contributed by atoms with Crippen LogP contribution in [0.2, 0.25) is 0 Å². The molecule has 14 aromatic rings. The van der Waals surface area contributed by atoms with Gasteiger partial charge in [0.1, 0.15) is 0 Å². The zero-order valence-electron chi connectivity index (χ0n) is 34.8. The largest absolute Gasteiger partial charge is 0.0622 e. The number of hydrogen-bond donors (Lipinski definition) is 0. The monoisotopic (exact) mass is 804 g/mol. The lowest BCUT2D eigenvalue weighted by atomic mass is 9.82. The van der Waals surface area contributed by atoms with Gasteiger partial charge in [-0.25, -0.2) is 0 Å². The molecule has 0 aromatic heterocycles. The third-order valence-electron chi connectivity index (χ3n) is 14.7. The molecule has 14 aromatic carbocycles. The molecule has 0 amide bonds. The van der Waals surface area contributed by atoms with Gasteiger partial charge in [-0.15, -0.1) is 0 Å². The highest BCUT2D eigenvalue weighted by molar-refractivity contribution is 6.44. The van der Waals surface area contributed by atoms with Crippen LogP contribution in [0.15, 0.2) is 218 Å². The minimum Gasteiger partial charge on any atom is -0.0622 e. The van der Waals surface area contributed by atoms with Crippen molar-refractivity contribution in [3.05, 3.63) is 218 Å². The summed E-state index contributed by atoms with van der Waals surface area (Å²) in [6.45, 7) is 0. The van der Waals surface area contributed by atoms with E-state index in [9.17, 15) is 0 Å². The number of hydrogen-bond acceptors (Lipinski definition) is 0. The van der Waals surface area contributed by atoms with E-state index in [2.05, 4.69) is 218 Å². The van der Waals surface area contributed by atoms with Crippen LogP contribution in [0.4, 0.5) is 0 Å². The highest BCUT2D eigenvalue weighted by atomic mass is 14.3. The fourth-order valence-corrected chi connectivity index (χ4v) is 12.1. The SMILES string of the molecule is c1ccc(-c2ccccc2-c2c3cc4c(cc3c(-c3ccccc3-c3ccccc3)c3c5ccc6c7c(ccc(c23)c75)-c2cc3ccccc3cc2-6)c2cccc3cccc4c32)cc1. The predicted octanol–water partition coefficient (Wildman–Crippen LogP) is 18.1. The average Bonchev–Trinajstić information content (AvgIpc) is 3.98. The van der Waals surface area contributed by atoms with Gasteiger partial charge in [-0.1, -0.05) is 194 Å². The van der Waals surface area contributed by atoms with E-state index in [4.69, 9.17) is 0 Å². The second kappa shape index (κ2) is 12.6. The Morgan fingerprint density at radius 2 is 0.594 bits per heavy atom. The Morgan fingerprint density at radius 1 is 0.172 bits per heavy atom. The molecule has 0 radical (unpaired) electrons. The summed E-state index contributed by atoms with van der Waals surface area (Å²) in [7, 11) is 0. The summed E-state index contributed by atoms with van der Waals surface area (Å²) in [5.41, 5.74) is 15.3. The van der Waals surface area contributed by atoms with Crippen molar-refractivity contribution >= 4 is 86.2 Å². The van der Waals surface area contributed by atoms with E-state index in [1.54, 1.807) is 0 Å². The molecule has 15 rings (SSSR count). The molecule has 0 atom stereocenters. The summed E-state index contributed by atoms with van der Waals surface area (Å²) < 4.78 is 0. The van der Waals surface area contributed by atoms with E-state index < -0.39 is 0 Å². The summed E-state index contributed by atoms with van der Waals surface area (Å²) >= 11 is 0. The van der Waals surface area contributed by atoms with Crippen molar-refractivity contribution in [2.75, 3.05) is 0 Å². The highest BCUT2D eigenvalue weighted by Gasteiger charge is 2.31. The minimum absolute atomic E-state index is 1.22. The van der Waals surface area contributed by atoms with Crippen molar-refractivity contribution < 1.29 is 0 Å². The van der Waals surface area contributed by atoms with Gasteiger partial charge in [-0.2, -0.15) is 0 Å². The van der Waals surface area contributed by atoms with Crippen LogP contribution in [0.25, 0.3) is 153 Å². The van der Waals surface area contributed by atoms with Gasteiger partial charge < -0.3 is 0 Å². The second-order valence-corrected chi connectivity index (χ2v) is 17.8. The Balaban J connectivity index is 1.21. The van der Waals surface area contributed by atoms with Gasteiger partial charge in [0.2, 0.25) is 0 Å². The van der Waals surface area contributed by atoms with Crippen LogP contribution in [-0.4, -0.2) is 0 Å². The molecule has 64 heavy (non-hydrogen) atoms. The molecule has 1 aliphatic carbocycles. The predicted molar refractivity (Wildman–Crippen MR) is 275 cm³/mol. The summed E-state index contributed by atoms with van der Waals surface area (Å²) in [6.07, 6.45) is 0. The molecular weight excluding hydrogens is 769 g/mol. The van der Waals surface area contributed by atoms with Crippen LogP contribution in [0.5, 0.6) is 0 Å². The smallest absolute Gasteiger partial charge is 0.000718 e. The Kier molecular flexibility index (Phi) is 6.77. The molecule has 0 bridgehead atoms. The van der Waals surface area contributed by atoms with E-state index in [1.807, 2.05) is 0 Å². The topological polar surface area (TPSA) is 0 Å². The van der Waals surface area contributed by atoms with Gasteiger partial charge in [-0.05, 0) is 177 Å². The average molecular weight is 805 g/mol. The first-order chi connectivity index (χ1) is 31.8. The van der Waals surface area contributed by atoms with Gasteiger partial charge in [0, 0.05) is 0 Å². The summed E-state index contributed by atoms with van der Waals surface area (Å²) in [6, 6.07) is 82.4. The molecule has 0 heterocycles. The van der Waals surface area contributed by atoms with Crippen molar-refractivity contribution in [3.8, 4) is 66.8 Å². The lowest BCUT2D eigenvalue weighted by molar-refractivity contribution is 1.61. The first-order valence-corrected chi connectivity index (χ1v) is 22.4. The van der Waals surface area contributed by atoms with Crippen LogP contribution in [0, 0.1) is 0 Å². The van der Waals surface area contributed by atoms with Crippen LogP contribution < -0.4 is 0 Å². The van der Waals surface area contributed by atoms with Gasteiger partial charge in [0.25, 0.3) is 0 Å². The zero-order chi connectivity index (χ0) is 41.6. The van der Waals surface area contributed by atoms with Gasteiger partial charge in [0.05, 0.1) is 0 Å². The first-order valence-electron chi connectivity index (χ1n) is 22.4. The Labute approximate surface area is 369 Å². The van der Waals surface area contributed by atoms with Crippen molar-refractivity contribution in [1.29, 1.82) is 0 Å². The van der Waals surface area contributed by atoms with E-state index in [1.165, 1.54) is 153 Å². The molecule has 1 aliphatic rings. The maximum absolute atomic E-state index is 2.56. The standard InChI is InChI=1S/C64H36/c1-3-15-37(16-4-1)42-23-9-11-25-44(42)60-56-35-54-46-27-13-21-39-22-14-28-47(58(39)46)55(54)36-57(56)61(45-26-12-10-24-43(45)38-17-5-2-6-18-38)64-51-32-30-49-53-34-41-20-8-7-19-40(41)33-52(53)48-29-31-50(63(60)64)62(51)59(48)49/h1-36H. The highest BCUT2D eigenvalue weighted by Crippen LogP contribution is 2.59.